The van der Waals surface area contributed by atoms with Crippen LogP contribution >= 0.6 is 27.3 Å². The molecule has 0 spiro atoms. The van der Waals surface area contributed by atoms with Crippen molar-refractivity contribution in [3.05, 3.63) is 22.5 Å². The van der Waals surface area contributed by atoms with E-state index in [1.165, 1.54) is 0 Å². The molecule has 3 aromatic heterocycles. The van der Waals surface area contributed by atoms with E-state index in [4.69, 9.17) is 0 Å². The van der Waals surface area contributed by atoms with Crippen LogP contribution in [0.25, 0.3) is 15.9 Å². The molecule has 0 aliphatic carbocycles. The van der Waals surface area contributed by atoms with Crippen LogP contribution in [0.5, 0.6) is 0 Å². The molecule has 3 heterocycles. The first-order chi connectivity index (χ1) is 6.36. The SMILES string of the molecule is Brc1csc2ncn3cnnc3c12. The first kappa shape index (κ1) is 7.40. The fourth-order valence-corrected chi connectivity index (χ4v) is 2.78. The number of fused-ring (bicyclic) bond motifs is 3. The lowest BCUT2D eigenvalue weighted by molar-refractivity contribution is 1.08. The Morgan fingerprint density at radius 3 is 3.23 bits per heavy atom. The molecule has 0 N–H and O–H groups in total. The molecule has 0 radical (unpaired) electrons. The first-order valence-corrected chi connectivity index (χ1v) is 5.24. The van der Waals surface area contributed by atoms with Gasteiger partial charge in [-0.15, -0.1) is 21.5 Å². The number of aromatic nitrogens is 4. The molecule has 0 aliphatic rings. The van der Waals surface area contributed by atoms with Crippen LogP contribution in [-0.4, -0.2) is 19.6 Å². The summed E-state index contributed by atoms with van der Waals surface area (Å²) < 4.78 is 2.83. The summed E-state index contributed by atoms with van der Waals surface area (Å²) in [4.78, 5) is 5.25. The van der Waals surface area contributed by atoms with Gasteiger partial charge in [-0.1, -0.05) is 0 Å². The summed E-state index contributed by atoms with van der Waals surface area (Å²) in [6.45, 7) is 0. The Kier molecular flexibility index (Phi) is 1.42. The largest absolute Gasteiger partial charge is 0.271 e. The first-order valence-electron chi connectivity index (χ1n) is 3.57. The summed E-state index contributed by atoms with van der Waals surface area (Å²) in [5.74, 6) is 0. The second-order valence-electron chi connectivity index (χ2n) is 2.57. The van der Waals surface area contributed by atoms with Crippen LogP contribution < -0.4 is 0 Å². The van der Waals surface area contributed by atoms with Gasteiger partial charge in [-0.3, -0.25) is 4.40 Å². The molecule has 13 heavy (non-hydrogen) atoms. The summed E-state index contributed by atoms with van der Waals surface area (Å²) in [6, 6.07) is 0. The third-order valence-electron chi connectivity index (χ3n) is 1.82. The molecule has 0 aromatic carbocycles. The molecular formula is C7H3BrN4S. The Bertz CT molecular complexity index is 584. The smallest absolute Gasteiger partial charge is 0.173 e. The summed E-state index contributed by atoms with van der Waals surface area (Å²) >= 11 is 5.06. The van der Waals surface area contributed by atoms with Crippen molar-refractivity contribution >= 4 is 43.1 Å². The highest BCUT2D eigenvalue weighted by Crippen LogP contribution is 2.30. The second-order valence-corrected chi connectivity index (χ2v) is 4.28. The lowest BCUT2D eigenvalue weighted by atomic mass is 10.4. The number of rotatable bonds is 0. The molecule has 0 fully saturated rings. The molecule has 0 unspecified atom stereocenters. The van der Waals surface area contributed by atoms with Crippen LogP contribution in [0, 0.1) is 0 Å². The number of thiophene rings is 1. The lowest BCUT2D eigenvalue weighted by Crippen LogP contribution is -1.85. The molecule has 6 heteroatoms. The van der Waals surface area contributed by atoms with Gasteiger partial charge in [0.1, 0.15) is 17.5 Å². The van der Waals surface area contributed by atoms with Gasteiger partial charge in [0, 0.05) is 9.85 Å². The summed E-state index contributed by atoms with van der Waals surface area (Å²) in [7, 11) is 0. The highest BCUT2D eigenvalue weighted by Gasteiger charge is 2.08. The lowest BCUT2D eigenvalue weighted by Gasteiger charge is -1.92. The molecule has 3 aromatic rings. The molecule has 0 saturated carbocycles. The number of hydrogen-bond acceptors (Lipinski definition) is 4. The quantitative estimate of drug-likeness (QED) is 0.617. The Morgan fingerprint density at radius 2 is 2.31 bits per heavy atom. The number of hydrogen-bond donors (Lipinski definition) is 0. The predicted octanol–water partition coefficient (Wildman–Crippen LogP) is 2.10. The molecule has 0 bridgehead atoms. The van der Waals surface area contributed by atoms with E-state index in [1.54, 1.807) is 28.4 Å². The van der Waals surface area contributed by atoms with Gasteiger partial charge >= 0.3 is 0 Å². The van der Waals surface area contributed by atoms with Crippen molar-refractivity contribution in [1.29, 1.82) is 0 Å². The van der Waals surface area contributed by atoms with E-state index in [1.807, 2.05) is 5.38 Å². The zero-order valence-corrected chi connectivity index (χ0v) is 8.71. The topological polar surface area (TPSA) is 43.1 Å². The molecule has 64 valence electrons. The van der Waals surface area contributed by atoms with E-state index >= 15 is 0 Å². The minimum absolute atomic E-state index is 0.845. The van der Waals surface area contributed by atoms with Gasteiger partial charge in [-0.05, 0) is 15.9 Å². The Hall–Kier alpha value is -1.01. The number of halogens is 1. The van der Waals surface area contributed by atoms with E-state index in [-0.39, 0.29) is 0 Å². The molecular weight excluding hydrogens is 252 g/mol. The zero-order chi connectivity index (χ0) is 8.84. The Morgan fingerprint density at radius 1 is 1.38 bits per heavy atom. The van der Waals surface area contributed by atoms with E-state index in [0.717, 1.165) is 20.3 Å². The fraction of sp³-hybridized carbons (Fsp3) is 0. The molecule has 0 amide bonds. The standard InChI is InChI=1S/C7H3BrN4S/c8-4-1-13-7-5(4)6-11-10-3-12(6)2-9-7/h1-3H. The van der Waals surface area contributed by atoms with Gasteiger partial charge in [-0.2, -0.15) is 0 Å². The highest BCUT2D eigenvalue weighted by molar-refractivity contribution is 9.10. The van der Waals surface area contributed by atoms with Crippen molar-refractivity contribution in [3.8, 4) is 0 Å². The molecule has 0 atom stereocenters. The fourth-order valence-electron chi connectivity index (χ4n) is 1.25. The summed E-state index contributed by atoms with van der Waals surface area (Å²) in [6.07, 6.45) is 3.37. The van der Waals surface area contributed by atoms with Crippen LogP contribution in [0.2, 0.25) is 0 Å². The van der Waals surface area contributed by atoms with Gasteiger partial charge in [0.2, 0.25) is 0 Å². The number of nitrogens with zero attached hydrogens (tertiary/aromatic N) is 4. The Labute approximate surface area is 85.4 Å². The van der Waals surface area contributed by atoms with E-state index in [0.29, 0.717) is 0 Å². The Balaban J connectivity index is 2.70. The zero-order valence-electron chi connectivity index (χ0n) is 6.31. The van der Waals surface area contributed by atoms with Gasteiger partial charge in [0.15, 0.2) is 5.65 Å². The van der Waals surface area contributed by atoms with E-state index in [2.05, 4.69) is 31.1 Å². The third kappa shape index (κ3) is 0.925. The van der Waals surface area contributed by atoms with E-state index < -0.39 is 0 Å². The van der Waals surface area contributed by atoms with Crippen LogP contribution in [0.1, 0.15) is 0 Å². The van der Waals surface area contributed by atoms with Crippen molar-refractivity contribution in [2.45, 2.75) is 0 Å². The van der Waals surface area contributed by atoms with Gasteiger partial charge in [0.25, 0.3) is 0 Å². The average Bonchev–Trinajstić information content (AvgIpc) is 2.70. The second kappa shape index (κ2) is 2.49. The van der Waals surface area contributed by atoms with E-state index in [9.17, 15) is 0 Å². The minimum Gasteiger partial charge on any atom is -0.271 e. The van der Waals surface area contributed by atoms with Crippen molar-refractivity contribution in [2.24, 2.45) is 0 Å². The maximum Gasteiger partial charge on any atom is 0.173 e. The average molecular weight is 255 g/mol. The van der Waals surface area contributed by atoms with Crippen molar-refractivity contribution in [2.75, 3.05) is 0 Å². The van der Waals surface area contributed by atoms with Crippen molar-refractivity contribution in [3.63, 3.8) is 0 Å². The van der Waals surface area contributed by atoms with Crippen LogP contribution in [0.4, 0.5) is 0 Å². The maximum atomic E-state index is 4.27. The molecule has 0 aliphatic heterocycles. The van der Waals surface area contributed by atoms with Crippen LogP contribution in [-0.2, 0) is 0 Å². The van der Waals surface area contributed by atoms with Crippen molar-refractivity contribution in [1.82, 2.24) is 19.6 Å². The highest BCUT2D eigenvalue weighted by atomic mass is 79.9. The molecule has 0 saturated heterocycles. The summed E-state index contributed by atoms with van der Waals surface area (Å²) in [5.41, 5.74) is 0.845. The molecule has 3 rings (SSSR count). The monoisotopic (exact) mass is 254 g/mol. The third-order valence-corrected chi connectivity index (χ3v) is 3.64. The minimum atomic E-state index is 0.845. The van der Waals surface area contributed by atoms with Gasteiger partial charge < -0.3 is 0 Å². The van der Waals surface area contributed by atoms with Crippen LogP contribution in [0.3, 0.4) is 0 Å². The normalized spacial score (nSPS) is 11.5. The summed E-state index contributed by atoms with van der Waals surface area (Å²) in [5, 5.41) is 10.9. The van der Waals surface area contributed by atoms with Crippen LogP contribution in [0.15, 0.2) is 22.5 Å². The van der Waals surface area contributed by atoms with Crippen molar-refractivity contribution < 1.29 is 0 Å². The predicted molar refractivity (Wildman–Crippen MR) is 53.9 cm³/mol. The van der Waals surface area contributed by atoms with Gasteiger partial charge in [0.05, 0.1) is 5.39 Å². The van der Waals surface area contributed by atoms with Gasteiger partial charge in [-0.25, -0.2) is 4.98 Å². The molecule has 4 nitrogen and oxygen atoms in total. The maximum absolute atomic E-state index is 4.27.